The van der Waals surface area contributed by atoms with Gasteiger partial charge in [0.25, 0.3) is 0 Å². The maximum absolute atomic E-state index is 15.9. The van der Waals surface area contributed by atoms with E-state index >= 15 is 28.8 Å². The highest BCUT2D eigenvalue weighted by Crippen LogP contribution is 2.44. The molecule has 3 unspecified atom stereocenters. The first-order valence-electron chi connectivity index (χ1n) is 38.0. The quantitative estimate of drug-likeness (QED) is 0.156. The molecule has 0 radical (unpaired) electrons. The number of nitrogens with zero attached hydrogens (tertiary/aromatic N) is 9. The van der Waals surface area contributed by atoms with Gasteiger partial charge in [-0.1, -0.05) is 112 Å². The standard InChI is InChI=1S/C74H122ClF3N12O12/c1-14-27-55-66(96)81-73(36-23-24-37-73)72(102)89(13)64(51-30-21-17-22-31-51)71(101)88(12)58(69(99)90-38-25-18-26-39-90)43-60(92)85(9)56(40-47(3)4)65(95)80-63(48(5)15-2)70(100)84(8)45-61(93)82(6)46-62(94)86(10)57(42-49-28-19-16-20-29-49)68(98)83(7)44-59(91)79-54(67(97)87(55)11)35-33-50-32-34-52(53(75)41-50)74(76,77)78/h47-58,63-64H,14-46H2,1-13H3,(H,79,91)(H,80,95)(H,81,96)/t48-,50?,52?,53?,54-,55-,56-,57-,58-,63-,64-/m0/s1. The Hall–Kier alpha value is -6.28. The Morgan fingerprint density at radius 2 is 1.14 bits per heavy atom. The topological polar surface area (TPSA) is 270 Å². The fourth-order valence-electron chi connectivity index (χ4n) is 16.5. The summed E-state index contributed by atoms with van der Waals surface area (Å²) in [5.74, 6) is -10.7. The van der Waals surface area contributed by atoms with Crippen LogP contribution in [0.5, 0.6) is 0 Å². The molecule has 28 heteroatoms. The van der Waals surface area contributed by atoms with Gasteiger partial charge < -0.3 is 60.0 Å². The van der Waals surface area contributed by atoms with Crippen molar-refractivity contribution in [2.75, 3.05) is 89.1 Å². The van der Waals surface area contributed by atoms with Crippen molar-refractivity contribution in [1.82, 2.24) is 60.0 Å². The number of carbonyl (C=O) groups is 12. The summed E-state index contributed by atoms with van der Waals surface area (Å²) in [6, 6.07) is -8.69. The van der Waals surface area contributed by atoms with Gasteiger partial charge in [-0.2, -0.15) is 13.2 Å². The molecule has 578 valence electrons. The van der Waals surface area contributed by atoms with Crippen molar-refractivity contribution in [3.63, 3.8) is 0 Å². The summed E-state index contributed by atoms with van der Waals surface area (Å²) in [6.07, 6.45) is 7.67. The number of rotatable bonds is 13. The van der Waals surface area contributed by atoms with Crippen LogP contribution in [0.3, 0.4) is 0 Å². The molecule has 0 bridgehead atoms. The van der Waals surface area contributed by atoms with Gasteiger partial charge in [0.2, 0.25) is 70.9 Å². The fraction of sp³-hybridized carbons (Fsp3) is 0.838. The van der Waals surface area contributed by atoms with Crippen LogP contribution in [0.4, 0.5) is 13.2 Å². The van der Waals surface area contributed by atoms with Crippen molar-refractivity contribution in [1.29, 1.82) is 0 Å². The van der Waals surface area contributed by atoms with Crippen molar-refractivity contribution in [2.24, 2.45) is 35.5 Å². The molecule has 0 aromatic carbocycles. The number of halogens is 4. The van der Waals surface area contributed by atoms with E-state index in [-0.39, 0.29) is 82.0 Å². The number of hydrogen-bond acceptors (Lipinski definition) is 12. The number of likely N-dealkylation sites (tertiary alicyclic amines) is 1. The first kappa shape index (κ1) is 84.7. The lowest BCUT2D eigenvalue weighted by Crippen LogP contribution is -2.65. The number of nitrogens with one attached hydrogen (secondary N) is 3. The third kappa shape index (κ3) is 22.2. The van der Waals surface area contributed by atoms with Gasteiger partial charge in [0.1, 0.15) is 47.8 Å². The second kappa shape index (κ2) is 38.6. The van der Waals surface area contributed by atoms with Gasteiger partial charge in [-0.05, 0) is 126 Å². The summed E-state index contributed by atoms with van der Waals surface area (Å²) in [5.41, 5.74) is -1.58. The molecule has 6 aliphatic rings. The van der Waals surface area contributed by atoms with Gasteiger partial charge in [-0.15, -0.1) is 11.6 Å². The lowest BCUT2D eigenvalue weighted by molar-refractivity contribution is -0.182. The smallest absolute Gasteiger partial charge is 0.343 e. The molecule has 12 amide bonds. The molecule has 24 nitrogen and oxygen atoms in total. The second-order valence-electron chi connectivity index (χ2n) is 31.3. The SMILES string of the molecule is CCC[C@H]1C(=O)NC2(CCCC2)C(=O)N(C)[C@@H](C2CCCCC2)C(=O)N(C)[C@H](C(=O)N2CCCCC2)CC(=O)N(C)[C@@H](CC(C)C)C(=O)N[C@@H]([C@@H](C)CC)C(=O)N(C)CC(=O)N(C)CC(=O)N(C)[C@@H](CC2CCCCC2)C(=O)N(C)CC(=O)N[C@@H](CCC2CCC(C(F)(F)F)C(Cl)C2)C(=O)N1C. The minimum atomic E-state index is -4.51. The van der Waals surface area contributed by atoms with Gasteiger partial charge in [0, 0.05) is 74.8 Å². The summed E-state index contributed by atoms with van der Waals surface area (Å²) in [4.78, 5) is 192. The normalized spacial score (nSPS) is 29.2. The van der Waals surface area contributed by atoms with Gasteiger partial charge in [0.15, 0.2) is 0 Å². The number of hydrogen-bond donors (Lipinski definition) is 3. The van der Waals surface area contributed by atoms with E-state index < -0.39 is 174 Å². The number of carbonyl (C=O) groups excluding carboxylic acids is 12. The predicted octanol–water partition coefficient (Wildman–Crippen LogP) is 7.12. The second-order valence-corrected chi connectivity index (χ2v) is 31.9. The Morgan fingerprint density at radius 3 is 1.72 bits per heavy atom. The zero-order chi connectivity index (χ0) is 75.7. The summed E-state index contributed by atoms with van der Waals surface area (Å²) >= 11 is 6.42. The molecule has 2 saturated heterocycles. The highest BCUT2D eigenvalue weighted by molar-refractivity contribution is 6.21. The molecule has 2 aliphatic heterocycles. The van der Waals surface area contributed by atoms with E-state index in [1.54, 1.807) is 11.8 Å². The van der Waals surface area contributed by atoms with Gasteiger partial charge in [-0.3, -0.25) is 57.5 Å². The molecule has 6 rings (SSSR count). The van der Waals surface area contributed by atoms with E-state index in [0.29, 0.717) is 64.5 Å². The summed E-state index contributed by atoms with van der Waals surface area (Å²) in [7, 11) is 11.5. The van der Waals surface area contributed by atoms with Crippen LogP contribution in [-0.4, -0.2) is 263 Å². The minimum Gasteiger partial charge on any atom is -0.343 e. The zero-order valence-corrected chi connectivity index (χ0v) is 64.1. The molecule has 11 atom stereocenters. The molecular weight excluding hydrogens is 1340 g/mol. The van der Waals surface area contributed by atoms with E-state index in [1.165, 1.54) is 80.9 Å². The molecule has 102 heavy (non-hydrogen) atoms. The molecule has 0 aromatic heterocycles. The van der Waals surface area contributed by atoms with Crippen LogP contribution < -0.4 is 16.0 Å². The minimum absolute atomic E-state index is 0.00883. The third-order valence-electron chi connectivity index (χ3n) is 23.3. The van der Waals surface area contributed by atoms with E-state index in [1.807, 2.05) is 27.7 Å². The largest absolute Gasteiger partial charge is 0.393 e. The maximum atomic E-state index is 15.9. The van der Waals surface area contributed by atoms with Crippen molar-refractivity contribution in [3.05, 3.63) is 0 Å². The van der Waals surface area contributed by atoms with Crippen molar-refractivity contribution in [3.8, 4) is 0 Å². The monoisotopic (exact) mass is 1460 g/mol. The summed E-state index contributed by atoms with van der Waals surface area (Å²) in [5, 5.41) is 7.62. The summed E-state index contributed by atoms with van der Waals surface area (Å²) < 4.78 is 42.1. The highest BCUT2D eigenvalue weighted by atomic mass is 35.5. The van der Waals surface area contributed by atoms with Crippen molar-refractivity contribution in [2.45, 2.75) is 274 Å². The summed E-state index contributed by atoms with van der Waals surface area (Å²) in [6.45, 7) is 8.30. The lowest BCUT2D eigenvalue weighted by atomic mass is 9.78. The van der Waals surface area contributed by atoms with Crippen LogP contribution in [-0.2, 0) is 57.5 Å². The van der Waals surface area contributed by atoms with Crippen molar-refractivity contribution >= 4 is 82.5 Å². The van der Waals surface area contributed by atoms with Crippen LogP contribution in [0.15, 0.2) is 0 Å². The van der Waals surface area contributed by atoms with E-state index in [9.17, 15) is 41.9 Å². The zero-order valence-electron chi connectivity index (χ0n) is 63.4. The van der Waals surface area contributed by atoms with E-state index in [2.05, 4.69) is 16.0 Å². The predicted molar refractivity (Wildman–Crippen MR) is 381 cm³/mol. The van der Waals surface area contributed by atoms with Crippen LogP contribution >= 0.6 is 11.6 Å². The average Bonchev–Trinajstić information content (AvgIpc) is 1.39. The number of alkyl halides is 4. The first-order valence-corrected chi connectivity index (χ1v) is 38.5. The number of amides is 12. The van der Waals surface area contributed by atoms with Crippen molar-refractivity contribution < 1.29 is 70.7 Å². The molecule has 2 heterocycles. The van der Waals surface area contributed by atoms with Crippen LogP contribution in [0, 0.1) is 35.5 Å². The van der Waals surface area contributed by atoms with Gasteiger partial charge >= 0.3 is 6.18 Å². The van der Waals surface area contributed by atoms with Crippen LogP contribution in [0.25, 0.3) is 0 Å². The Kier molecular flexibility index (Phi) is 32.1. The number of likely N-dealkylation sites (N-methyl/N-ethyl adjacent to an activating group) is 8. The number of piperidine rings is 1. The first-order chi connectivity index (χ1) is 48.1. The average molecular weight is 1460 g/mol. The van der Waals surface area contributed by atoms with Crippen LogP contribution in [0.1, 0.15) is 214 Å². The molecule has 3 N–H and O–H groups in total. The Bertz CT molecular complexity index is 2900. The highest BCUT2D eigenvalue weighted by Gasteiger charge is 2.52. The molecule has 4 aliphatic carbocycles. The van der Waals surface area contributed by atoms with E-state index in [4.69, 9.17) is 11.6 Å². The molecule has 4 saturated carbocycles. The van der Waals surface area contributed by atoms with E-state index in [0.717, 1.165) is 72.5 Å². The Balaban J connectivity index is 1.44. The van der Waals surface area contributed by atoms with Crippen LogP contribution in [0.2, 0.25) is 0 Å². The Labute approximate surface area is 609 Å². The lowest BCUT2D eigenvalue weighted by Gasteiger charge is -2.43. The Morgan fingerprint density at radius 1 is 0.559 bits per heavy atom. The molecule has 0 aromatic rings. The molecule has 1 spiro atoms. The van der Waals surface area contributed by atoms with Gasteiger partial charge in [-0.25, -0.2) is 0 Å². The molecular formula is C74H122ClF3N12O12. The maximum Gasteiger partial charge on any atom is 0.393 e. The van der Waals surface area contributed by atoms with Gasteiger partial charge in [0.05, 0.1) is 32.0 Å². The third-order valence-corrected chi connectivity index (χ3v) is 23.8. The fourth-order valence-corrected chi connectivity index (χ4v) is 17.0. The molecule has 6 fully saturated rings.